The van der Waals surface area contributed by atoms with Crippen LogP contribution >= 0.6 is 11.3 Å². The van der Waals surface area contributed by atoms with Gasteiger partial charge in [0.15, 0.2) is 0 Å². The highest BCUT2D eigenvalue weighted by atomic mass is 32.1. The third kappa shape index (κ3) is 4.03. The van der Waals surface area contributed by atoms with Crippen molar-refractivity contribution in [3.8, 4) is 11.3 Å². The third-order valence-corrected chi connectivity index (χ3v) is 5.32. The fourth-order valence-corrected chi connectivity index (χ4v) is 3.79. The van der Waals surface area contributed by atoms with Crippen molar-refractivity contribution >= 4 is 17.2 Å². The molecule has 0 aliphatic carbocycles. The SMILES string of the molecule is CC(C)Cn1c(N)c(-c2csc(CCc3ccccc3)n2)c(=O)n(C)c1=O. The van der Waals surface area contributed by atoms with E-state index in [4.69, 9.17) is 5.73 Å². The second kappa shape index (κ2) is 7.92. The van der Waals surface area contributed by atoms with E-state index in [2.05, 4.69) is 17.1 Å². The van der Waals surface area contributed by atoms with Crippen molar-refractivity contribution in [3.05, 3.63) is 67.1 Å². The van der Waals surface area contributed by atoms with E-state index in [0.29, 0.717) is 17.8 Å². The van der Waals surface area contributed by atoms with Crippen LogP contribution in [-0.4, -0.2) is 14.1 Å². The van der Waals surface area contributed by atoms with Crippen LogP contribution in [0.3, 0.4) is 0 Å². The number of nitrogen functional groups attached to an aromatic ring is 1. The lowest BCUT2D eigenvalue weighted by Crippen LogP contribution is -2.41. The molecule has 0 fully saturated rings. The molecular weight excluding hydrogens is 360 g/mol. The van der Waals surface area contributed by atoms with Crippen LogP contribution in [0.2, 0.25) is 0 Å². The normalized spacial score (nSPS) is 11.3. The Morgan fingerprint density at radius 3 is 2.52 bits per heavy atom. The minimum absolute atomic E-state index is 0.191. The van der Waals surface area contributed by atoms with Gasteiger partial charge in [-0.05, 0) is 17.9 Å². The van der Waals surface area contributed by atoms with Crippen LogP contribution in [0.25, 0.3) is 11.3 Å². The summed E-state index contributed by atoms with van der Waals surface area (Å²) in [6.45, 7) is 4.46. The molecule has 2 heterocycles. The van der Waals surface area contributed by atoms with Gasteiger partial charge in [-0.25, -0.2) is 9.78 Å². The molecule has 0 aliphatic heterocycles. The van der Waals surface area contributed by atoms with Crippen LogP contribution in [-0.2, 0) is 26.4 Å². The Labute approximate surface area is 161 Å². The number of hydrogen-bond acceptors (Lipinski definition) is 5. The number of benzene rings is 1. The standard InChI is InChI=1S/C20H24N4O2S/c1-13(2)11-24-18(21)17(19(25)23(3)20(24)26)15-12-27-16(22-15)10-9-14-7-5-4-6-8-14/h4-8,12-13H,9-11,21H2,1-3H3. The molecule has 27 heavy (non-hydrogen) atoms. The fourth-order valence-electron chi connectivity index (χ4n) is 3.00. The van der Waals surface area contributed by atoms with E-state index in [1.165, 1.54) is 28.5 Å². The molecular formula is C20H24N4O2S. The summed E-state index contributed by atoms with van der Waals surface area (Å²) < 4.78 is 2.57. The highest BCUT2D eigenvalue weighted by molar-refractivity contribution is 7.09. The summed E-state index contributed by atoms with van der Waals surface area (Å²) in [5.74, 6) is 0.420. The molecule has 0 saturated carbocycles. The van der Waals surface area contributed by atoms with E-state index >= 15 is 0 Å². The summed E-state index contributed by atoms with van der Waals surface area (Å²) >= 11 is 1.51. The molecule has 0 unspecified atom stereocenters. The number of anilines is 1. The van der Waals surface area contributed by atoms with Crippen molar-refractivity contribution in [1.29, 1.82) is 0 Å². The van der Waals surface area contributed by atoms with Crippen LogP contribution < -0.4 is 17.0 Å². The van der Waals surface area contributed by atoms with E-state index in [9.17, 15) is 9.59 Å². The number of nitrogens with zero attached hydrogens (tertiary/aromatic N) is 3. The zero-order chi connectivity index (χ0) is 19.6. The first-order valence-corrected chi connectivity index (χ1v) is 9.84. The van der Waals surface area contributed by atoms with E-state index in [-0.39, 0.29) is 11.7 Å². The van der Waals surface area contributed by atoms with Gasteiger partial charge in [0.05, 0.1) is 10.7 Å². The predicted molar refractivity (Wildman–Crippen MR) is 110 cm³/mol. The number of nitrogens with two attached hydrogens (primary N) is 1. The smallest absolute Gasteiger partial charge is 0.332 e. The maximum absolute atomic E-state index is 12.7. The monoisotopic (exact) mass is 384 g/mol. The molecule has 0 radical (unpaired) electrons. The zero-order valence-corrected chi connectivity index (χ0v) is 16.6. The van der Waals surface area contributed by atoms with Gasteiger partial charge in [-0.2, -0.15) is 0 Å². The van der Waals surface area contributed by atoms with Crippen molar-refractivity contribution in [3.63, 3.8) is 0 Å². The van der Waals surface area contributed by atoms with Crippen LogP contribution in [0.5, 0.6) is 0 Å². The Bertz CT molecular complexity index is 1050. The van der Waals surface area contributed by atoms with Crippen LogP contribution in [0.1, 0.15) is 24.4 Å². The molecule has 2 N–H and O–H groups in total. The van der Waals surface area contributed by atoms with Crippen molar-refractivity contribution in [2.45, 2.75) is 33.2 Å². The average molecular weight is 385 g/mol. The first-order chi connectivity index (χ1) is 12.9. The van der Waals surface area contributed by atoms with Gasteiger partial charge in [-0.1, -0.05) is 44.2 Å². The van der Waals surface area contributed by atoms with Crippen molar-refractivity contribution < 1.29 is 0 Å². The Morgan fingerprint density at radius 2 is 1.85 bits per heavy atom. The minimum Gasteiger partial charge on any atom is -0.384 e. The lowest BCUT2D eigenvalue weighted by Gasteiger charge is -2.15. The predicted octanol–water partition coefficient (Wildman–Crippen LogP) is 2.69. The Kier molecular flexibility index (Phi) is 5.60. The van der Waals surface area contributed by atoms with Crippen LogP contribution in [0, 0.1) is 5.92 Å². The number of rotatable bonds is 6. The Hall–Kier alpha value is -2.67. The lowest BCUT2D eigenvalue weighted by atomic mass is 10.1. The van der Waals surface area contributed by atoms with Crippen LogP contribution in [0.15, 0.2) is 45.3 Å². The molecule has 0 aliphatic rings. The summed E-state index contributed by atoms with van der Waals surface area (Å²) in [4.78, 5) is 29.7. The van der Waals surface area contributed by atoms with Crippen LogP contribution in [0.4, 0.5) is 5.82 Å². The molecule has 6 nitrogen and oxygen atoms in total. The van der Waals surface area contributed by atoms with Gasteiger partial charge in [0.2, 0.25) is 0 Å². The zero-order valence-electron chi connectivity index (χ0n) is 15.8. The molecule has 0 amide bonds. The molecule has 2 aromatic heterocycles. The number of hydrogen-bond donors (Lipinski definition) is 1. The van der Waals surface area contributed by atoms with Gasteiger partial charge in [0.1, 0.15) is 11.4 Å². The van der Waals surface area contributed by atoms with E-state index < -0.39 is 11.2 Å². The van der Waals surface area contributed by atoms with E-state index in [1.807, 2.05) is 37.4 Å². The van der Waals surface area contributed by atoms with Gasteiger partial charge in [-0.3, -0.25) is 13.9 Å². The van der Waals surface area contributed by atoms with Gasteiger partial charge in [-0.15, -0.1) is 11.3 Å². The number of aryl methyl sites for hydroxylation is 2. The molecule has 0 spiro atoms. The first kappa shape index (κ1) is 19.1. The summed E-state index contributed by atoms with van der Waals surface area (Å²) in [7, 11) is 1.48. The first-order valence-electron chi connectivity index (χ1n) is 8.96. The second-order valence-electron chi connectivity index (χ2n) is 7.02. The molecule has 7 heteroatoms. The molecule has 3 aromatic rings. The van der Waals surface area contributed by atoms with E-state index in [1.54, 1.807) is 0 Å². The topological polar surface area (TPSA) is 82.9 Å². The van der Waals surface area contributed by atoms with Gasteiger partial charge in [0, 0.05) is 25.4 Å². The number of thiazole rings is 1. The average Bonchev–Trinajstić information content (AvgIpc) is 3.11. The Morgan fingerprint density at radius 1 is 1.15 bits per heavy atom. The van der Waals surface area contributed by atoms with Crippen molar-refractivity contribution in [2.75, 3.05) is 5.73 Å². The molecule has 0 bridgehead atoms. The maximum Gasteiger partial charge on any atom is 0.332 e. The third-order valence-electron chi connectivity index (χ3n) is 4.41. The highest BCUT2D eigenvalue weighted by Gasteiger charge is 2.19. The summed E-state index contributed by atoms with van der Waals surface area (Å²) in [5, 5.41) is 2.79. The molecule has 142 valence electrons. The molecule has 3 rings (SSSR count). The fraction of sp³-hybridized carbons (Fsp3) is 0.350. The lowest BCUT2D eigenvalue weighted by molar-refractivity contribution is 0.494. The number of aromatic nitrogens is 3. The van der Waals surface area contributed by atoms with Crippen molar-refractivity contribution in [1.82, 2.24) is 14.1 Å². The summed E-state index contributed by atoms with van der Waals surface area (Å²) in [5.41, 5.74) is 7.52. The van der Waals surface area contributed by atoms with E-state index in [0.717, 1.165) is 22.4 Å². The molecule has 1 aromatic carbocycles. The quantitative estimate of drug-likeness (QED) is 0.708. The second-order valence-corrected chi connectivity index (χ2v) is 7.97. The van der Waals surface area contributed by atoms with Gasteiger partial charge >= 0.3 is 5.69 Å². The van der Waals surface area contributed by atoms with Gasteiger partial charge in [0.25, 0.3) is 5.56 Å². The summed E-state index contributed by atoms with van der Waals surface area (Å²) in [6, 6.07) is 10.2. The summed E-state index contributed by atoms with van der Waals surface area (Å²) in [6.07, 6.45) is 1.68. The minimum atomic E-state index is -0.405. The Balaban J connectivity index is 1.95. The largest absolute Gasteiger partial charge is 0.384 e. The van der Waals surface area contributed by atoms with Crippen molar-refractivity contribution in [2.24, 2.45) is 13.0 Å². The highest BCUT2D eigenvalue weighted by Crippen LogP contribution is 2.24. The maximum atomic E-state index is 12.7. The molecule has 0 atom stereocenters. The van der Waals surface area contributed by atoms with Gasteiger partial charge < -0.3 is 5.73 Å². The molecule has 0 saturated heterocycles.